The molecule has 1 aromatic carbocycles. The van der Waals surface area contributed by atoms with E-state index >= 15 is 0 Å². The summed E-state index contributed by atoms with van der Waals surface area (Å²) in [6, 6.07) is 3.35. The lowest BCUT2D eigenvalue weighted by Crippen LogP contribution is -2.52. The maximum absolute atomic E-state index is 12.3. The Bertz CT molecular complexity index is 732. The Morgan fingerprint density at radius 3 is 2.35 bits per heavy atom. The largest absolute Gasteiger partial charge is 0.506 e. The third-order valence-corrected chi connectivity index (χ3v) is 4.64. The van der Waals surface area contributed by atoms with Crippen LogP contribution in [0.3, 0.4) is 0 Å². The Kier molecular flexibility index (Phi) is 5.01. The fraction of sp³-hybridized carbons (Fsp3) is 0.188. The Labute approximate surface area is 148 Å². The van der Waals surface area contributed by atoms with Crippen molar-refractivity contribution in [2.24, 2.45) is 0 Å². The van der Waals surface area contributed by atoms with E-state index in [1.54, 1.807) is 18.2 Å². The first-order valence-electron chi connectivity index (χ1n) is 6.72. The van der Waals surface area contributed by atoms with Gasteiger partial charge in [0.05, 0.1) is 4.47 Å². The highest BCUT2D eigenvalue weighted by Gasteiger charge is 2.35. The van der Waals surface area contributed by atoms with Crippen molar-refractivity contribution in [2.75, 3.05) is 14.1 Å². The van der Waals surface area contributed by atoms with Gasteiger partial charge in [-0.25, -0.2) is 0 Å². The number of allylic oxidation sites excluding steroid dienone is 1. The second kappa shape index (κ2) is 6.64. The Hall–Kier alpha value is -1.99. The SMILES string of the molecule is C=CCc1cc(C=C2C(=O)N(C)C(=S)N(C)C2=O)cc(Br)c1O. The van der Waals surface area contributed by atoms with Crippen molar-refractivity contribution in [3.63, 3.8) is 0 Å². The van der Waals surface area contributed by atoms with Gasteiger partial charge in [-0.05, 0) is 63.9 Å². The number of hydrogen-bond acceptors (Lipinski definition) is 4. The first kappa shape index (κ1) is 17.4. The highest BCUT2D eigenvalue weighted by atomic mass is 79.9. The molecular weight excluding hydrogens is 380 g/mol. The maximum atomic E-state index is 12.3. The van der Waals surface area contributed by atoms with Crippen LogP contribution in [-0.2, 0) is 16.0 Å². The zero-order valence-electron chi connectivity index (χ0n) is 12.7. The fourth-order valence-electron chi connectivity index (χ4n) is 2.22. The number of carbonyl (C=O) groups is 2. The molecule has 1 fully saturated rings. The second-order valence-corrected chi connectivity index (χ2v) is 6.29. The van der Waals surface area contributed by atoms with E-state index in [-0.39, 0.29) is 16.4 Å². The van der Waals surface area contributed by atoms with Gasteiger partial charge in [0.2, 0.25) is 0 Å². The number of phenols is 1. The zero-order valence-corrected chi connectivity index (χ0v) is 15.1. The van der Waals surface area contributed by atoms with E-state index in [1.165, 1.54) is 30.0 Å². The molecule has 0 unspecified atom stereocenters. The molecule has 120 valence electrons. The quantitative estimate of drug-likeness (QED) is 0.370. The van der Waals surface area contributed by atoms with Crippen LogP contribution in [0.5, 0.6) is 5.75 Å². The summed E-state index contributed by atoms with van der Waals surface area (Å²) < 4.78 is 0.483. The topological polar surface area (TPSA) is 60.9 Å². The summed E-state index contributed by atoms with van der Waals surface area (Å²) in [6.45, 7) is 3.65. The summed E-state index contributed by atoms with van der Waals surface area (Å²) in [5.74, 6) is -0.788. The van der Waals surface area contributed by atoms with E-state index in [2.05, 4.69) is 22.5 Å². The zero-order chi connectivity index (χ0) is 17.3. The number of phenolic OH excluding ortho intramolecular Hbond substituents is 1. The predicted molar refractivity (Wildman–Crippen MR) is 95.8 cm³/mol. The Morgan fingerprint density at radius 1 is 1.26 bits per heavy atom. The standard InChI is InChI=1S/C16H15BrN2O3S/c1-4-5-10-6-9(8-12(17)13(10)20)7-11-14(21)18(2)16(23)19(3)15(11)22/h4,6-8,20H,1,5H2,2-3H3. The molecule has 0 radical (unpaired) electrons. The summed E-state index contributed by atoms with van der Waals surface area (Å²) in [6.07, 6.45) is 3.62. The molecule has 0 aromatic heterocycles. The number of aromatic hydroxyl groups is 1. The molecule has 2 amide bonds. The third-order valence-electron chi connectivity index (χ3n) is 3.48. The molecule has 0 bridgehead atoms. The monoisotopic (exact) mass is 394 g/mol. The first-order chi connectivity index (χ1) is 10.8. The van der Waals surface area contributed by atoms with Crippen LogP contribution >= 0.6 is 28.1 Å². The van der Waals surface area contributed by atoms with Crippen LogP contribution < -0.4 is 0 Å². The van der Waals surface area contributed by atoms with Gasteiger partial charge in [0, 0.05) is 14.1 Å². The molecule has 1 aliphatic heterocycles. The van der Waals surface area contributed by atoms with Gasteiger partial charge in [0.15, 0.2) is 5.11 Å². The molecule has 1 heterocycles. The van der Waals surface area contributed by atoms with Gasteiger partial charge in [-0.1, -0.05) is 6.08 Å². The van der Waals surface area contributed by atoms with Crippen LogP contribution in [0, 0.1) is 0 Å². The van der Waals surface area contributed by atoms with E-state index in [4.69, 9.17) is 12.2 Å². The number of halogens is 1. The number of thiocarbonyl (C=S) groups is 1. The lowest BCUT2D eigenvalue weighted by atomic mass is 10.0. The molecule has 0 aliphatic carbocycles. The smallest absolute Gasteiger partial charge is 0.265 e. The number of nitrogens with zero attached hydrogens (tertiary/aromatic N) is 2. The van der Waals surface area contributed by atoms with Gasteiger partial charge in [0.25, 0.3) is 11.8 Å². The summed E-state index contributed by atoms with van der Waals surface area (Å²) in [5, 5.41) is 10.2. The molecule has 1 aromatic rings. The van der Waals surface area contributed by atoms with E-state index in [0.717, 1.165) is 0 Å². The molecule has 1 N–H and O–H groups in total. The fourth-order valence-corrected chi connectivity index (χ4v) is 2.90. The lowest BCUT2D eigenvalue weighted by Gasteiger charge is -2.31. The van der Waals surface area contributed by atoms with Crippen LogP contribution in [0.4, 0.5) is 0 Å². The molecule has 23 heavy (non-hydrogen) atoms. The van der Waals surface area contributed by atoms with E-state index in [9.17, 15) is 14.7 Å². The average molecular weight is 395 g/mol. The summed E-state index contributed by atoms with van der Waals surface area (Å²) >= 11 is 8.32. The first-order valence-corrected chi connectivity index (χ1v) is 7.92. The molecule has 5 nitrogen and oxygen atoms in total. The predicted octanol–water partition coefficient (Wildman–Crippen LogP) is 2.48. The summed E-state index contributed by atoms with van der Waals surface area (Å²) in [4.78, 5) is 27.1. The van der Waals surface area contributed by atoms with Gasteiger partial charge >= 0.3 is 0 Å². The summed E-state index contributed by atoms with van der Waals surface area (Å²) in [5.41, 5.74) is 1.29. The van der Waals surface area contributed by atoms with Crippen LogP contribution in [0.25, 0.3) is 6.08 Å². The van der Waals surface area contributed by atoms with Gasteiger partial charge in [-0.15, -0.1) is 6.58 Å². The van der Waals surface area contributed by atoms with Crippen LogP contribution in [-0.4, -0.2) is 45.9 Å². The number of carbonyl (C=O) groups excluding carboxylic acids is 2. The van der Waals surface area contributed by atoms with Crippen molar-refractivity contribution in [3.8, 4) is 5.75 Å². The summed E-state index contributed by atoms with van der Waals surface area (Å²) in [7, 11) is 3.05. The molecule has 1 aliphatic rings. The Balaban J connectivity index is 2.52. The van der Waals surface area contributed by atoms with E-state index in [1.807, 2.05) is 0 Å². The number of benzene rings is 1. The van der Waals surface area contributed by atoms with E-state index in [0.29, 0.717) is 22.0 Å². The van der Waals surface area contributed by atoms with Crippen LogP contribution in [0.1, 0.15) is 11.1 Å². The van der Waals surface area contributed by atoms with Crippen molar-refractivity contribution >= 4 is 51.2 Å². The molecule has 0 atom stereocenters. The number of amides is 2. The molecule has 7 heteroatoms. The van der Waals surface area contributed by atoms with Crippen LogP contribution in [0.15, 0.2) is 34.8 Å². The Morgan fingerprint density at radius 2 is 1.83 bits per heavy atom. The van der Waals surface area contributed by atoms with Crippen molar-refractivity contribution in [1.82, 2.24) is 9.80 Å². The number of hydrogen-bond donors (Lipinski definition) is 1. The highest BCUT2D eigenvalue weighted by molar-refractivity contribution is 9.10. The van der Waals surface area contributed by atoms with Crippen LogP contribution in [0.2, 0.25) is 0 Å². The molecular formula is C16H15BrN2O3S. The minimum atomic E-state index is -0.451. The highest BCUT2D eigenvalue weighted by Crippen LogP contribution is 2.31. The van der Waals surface area contributed by atoms with Crippen molar-refractivity contribution < 1.29 is 14.7 Å². The van der Waals surface area contributed by atoms with Crippen molar-refractivity contribution in [1.29, 1.82) is 0 Å². The molecule has 0 saturated carbocycles. The number of likely N-dealkylation sites (N-methyl/N-ethyl adjacent to an activating group) is 2. The average Bonchev–Trinajstić information content (AvgIpc) is 2.52. The minimum absolute atomic E-state index is 0.0192. The van der Waals surface area contributed by atoms with E-state index < -0.39 is 11.8 Å². The molecule has 0 spiro atoms. The van der Waals surface area contributed by atoms with Crippen molar-refractivity contribution in [2.45, 2.75) is 6.42 Å². The molecule has 2 rings (SSSR count). The second-order valence-electron chi connectivity index (χ2n) is 5.07. The number of rotatable bonds is 3. The normalized spacial score (nSPS) is 15.3. The lowest BCUT2D eigenvalue weighted by molar-refractivity contribution is -0.132. The minimum Gasteiger partial charge on any atom is -0.506 e. The maximum Gasteiger partial charge on any atom is 0.265 e. The molecule has 1 saturated heterocycles. The van der Waals surface area contributed by atoms with Gasteiger partial charge < -0.3 is 5.11 Å². The van der Waals surface area contributed by atoms with Crippen molar-refractivity contribution in [3.05, 3.63) is 46.0 Å². The van der Waals surface area contributed by atoms with Gasteiger partial charge in [-0.2, -0.15) is 0 Å². The van der Waals surface area contributed by atoms with Gasteiger partial charge in [0.1, 0.15) is 11.3 Å². The van der Waals surface area contributed by atoms with Gasteiger partial charge in [-0.3, -0.25) is 19.4 Å². The third kappa shape index (κ3) is 3.20.